The number of nitrogens with zero attached hydrogens (tertiary/aromatic N) is 1. The molecule has 2 aliphatic heterocycles. The summed E-state index contributed by atoms with van der Waals surface area (Å²) < 4.78 is 10.0. The van der Waals surface area contributed by atoms with Gasteiger partial charge in [0, 0.05) is 12.6 Å². The fraction of sp³-hybridized carbons (Fsp3) is 0.353. The topological polar surface area (TPSA) is 84.9 Å². The standard InChI is InChI=1S/C17H18N2O5/c20-15-9-13(11-23-15)18-16(21)14-7-4-8-19(14)17(22)24-10-12-5-2-1-3-6-12/h1-3,5-6,9,14H,4,7-8,10-11H2,(H,18,21). The van der Waals surface area contributed by atoms with E-state index in [1.54, 1.807) is 0 Å². The Morgan fingerprint density at radius 2 is 2.08 bits per heavy atom. The quantitative estimate of drug-likeness (QED) is 0.842. The number of likely N-dealkylation sites (tertiary alicyclic amines) is 1. The molecule has 0 aliphatic carbocycles. The molecule has 2 amide bonds. The van der Waals surface area contributed by atoms with Gasteiger partial charge in [0.05, 0.1) is 5.70 Å². The number of esters is 1. The van der Waals surface area contributed by atoms with Gasteiger partial charge in [-0.15, -0.1) is 0 Å². The first-order valence-electron chi connectivity index (χ1n) is 7.79. The van der Waals surface area contributed by atoms with Crippen LogP contribution < -0.4 is 5.32 Å². The molecule has 2 heterocycles. The summed E-state index contributed by atoms with van der Waals surface area (Å²) in [6, 6.07) is 8.76. The molecule has 0 saturated carbocycles. The fourth-order valence-corrected chi connectivity index (χ4v) is 2.75. The zero-order chi connectivity index (χ0) is 16.9. The van der Waals surface area contributed by atoms with E-state index in [1.807, 2.05) is 30.3 Å². The van der Waals surface area contributed by atoms with Gasteiger partial charge in [0.2, 0.25) is 5.91 Å². The minimum absolute atomic E-state index is 0.0513. The number of carbonyl (C=O) groups excluding carboxylic acids is 3. The van der Waals surface area contributed by atoms with Gasteiger partial charge in [0.15, 0.2) is 0 Å². The molecule has 7 heteroatoms. The summed E-state index contributed by atoms with van der Waals surface area (Å²) in [5.74, 6) is -0.801. The van der Waals surface area contributed by atoms with Crippen molar-refractivity contribution in [1.82, 2.24) is 10.2 Å². The third-order valence-electron chi connectivity index (χ3n) is 3.94. The van der Waals surface area contributed by atoms with Crippen LogP contribution in [0.5, 0.6) is 0 Å². The maximum atomic E-state index is 12.3. The van der Waals surface area contributed by atoms with Crippen molar-refractivity contribution in [2.45, 2.75) is 25.5 Å². The van der Waals surface area contributed by atoms with Gasteiger partial charge in [-0.1, -0.05) is 30.3 Å². The fourth-order valence-electron chi connectivity index (χ4n) is 2.75. The molecule has 24 heavy (non-hydrogen) atoms. The lowest BCUT2D eigenvalue weighted by atomic mass is 10.2. The zero-order valence-corrected chi connectivity index (χ0v) is 13.1. The minimum atomic E-state index is -0.593. The van der Waals surface area contributed by atoms with Crippen LogP contribution in [0.25, 0.3) is 0 Å². The van der Waals surface area contributed by atoms with E-state index in [4.69, 9.17) is 9.47 Å². The summed E-state index contributed by atoms with van der Waals surface area (Å²) in [6.07, 6.45) is 2.02. The maximum absolute atomic E-state index is 12.3. The lowest BCUT2D eigenvalue weighted by Gasteiger charge is -2.23. The van der Waals surface area contributed by atoms with Gasteiger partial charge in [-0.2, -0.15) is 0 Å². The van der Waals surface area contributed by atoms with E-state index in [-0.39, 0.29) is 19.1 Å². The van der Waals surface area contributed by atoms with Gasteiger partial charge in [-0.25, -0.2) is 9.59 Å². The van der Waals surface area contributed by atoms with Gasteiger partial charge in [0.25, 0.3) is 0 Å². The van der Waals surface area contributed by atoms with E-state index in [0.717, 1.165) is 12.0 Å². The summed E-state index contributed by atoms with van der Waals surface area (Å²) in [7, 11) is 0. The van der Waals surface area contributed by atoms with Gasteiger partial charge >= 0.3 is 12.1 Å². The molecule has 1 unspecified atom stereocenters. The molecule has 0 radical (unpaired) electrons. The minimum Gasteiger partial charge on any atom is -0.456 e. The van der Waals surface area contributed by atoms with Crippen LogP contribution in [0.3, 0.4) is 0 Å². The normalized spacial score (nSPS) is 19.7. The highest BCUT2D eigenvalue weighted by molar-refractivity contribution is 5.90. The Morgan fingerprint density at radius 1 is 1.29 bits per heavy atom. The molecule has 0 bridgehead atoms. The molecule has 1 fully saturated rings. The number of nitrogens with one attached hydrogen (secondary N) is 1. The molecular weight excluding hydrogens is 312 g/mol. The SMILES string of the molecule is O=C1C=C(NC(=O)C2CCCN2C(=O)OCc2ccccc2)CO1. The number of rotatable bonds is 4. The predicted octanol–water partition coefficient (Wildman–Crippen LogP) is 1.34. The van der Waals surface area contributed by atoms with E-state index < -0.39 is 18.1 Å². The maximum Gasteiger partial charge on any atom is 0.410 e. The van der Waals surface area contributed by atoms with Gasteiger partial charge < -0.3 is 14.8 Å². The Bertz CT molecular complexity index is 671. The van der Waals surface area contributed by atoms with Crippen LogP contribution in [0, 0.1) is 0 Å². The molecule has 1 N–H and O–H groups in total. The number of benzene rings is 1. The average molecular weight is 330 g/mol. The Labute approximate surface area is 139 Å². The van der Waals surface area contributed by atoms with Crippen molar-refractivity contribution in [3.63, 3.8) is 0 Å². The van der Waals surface area contributed by atoms with E-state index >= 15 is 0 Å². The highest BCUT2D eigenvalue weighted by Gasteiger charge is 2.35. The first-order chi connectivity index (χ1) is 11.6. The van der Waals surface area contributed by atoms with E-state index in [9.17, 15) is 14.4 Å². The molecule has 0 aromatic heterocycles. The second-order valence-corrected chi connectivity index (χ2v) is 5.66. The Kier molecular flexibility index (Phi) is 4.79. The van der Waals surface area contributed by atoms with E-state index in [0.29, 0.717) is 18.7 Å². The number of cyclic esters (lactones) is 1. The Hall–Kier alpha value is -2.83. The molecule has 1 aromatic carbocycles. The average Bonchev–Trinajstić information content (AvgIpc) is 3.22. The summed E-state index contributed by atoms with van der Waals surface area (Å²) in [5.41, 5.74) is 1.30. The number of ether oxygens (including phenoxy) is 2. The van der Waals surface area contributed by atoms with Crippen LogP contribution in [0.1, 0.15) is 18.4 Å². The highest BCUT2D eigenvalue weighted by Crippen LogP contribution is 2.19. The van der Waals surface area contributed by atoms with Crippen molar-refractivity contribution in [3.05, 3.63) is 47.7 Å². The third-order valence-corrected chi connectivity index (χ3v) is 3.94. The lowest BCUT2D eigenvalue weighted by Crippen LogP contribution is -2.46. The van der Waals surface area contributed by atoms with Gasteiger partial charge in [-0.3, -0.25) is 9.69 Å². The van der Waals surface area contributed by atoms with E-state index in [2.05, 4.69) is 5.32 Å². The monoisotopic (exact) mass is 330 g/mol. The van der Waals surface area contributed by atoms with Crippen LogP contribution in [-0.4, -0.2) is 42.1 Å². The first kappa shape index (κ1) is 16.0. The molecule has 3 rings (SSSR count). The van der Waals surface area contributed by atoms with Crippen LogP contribution in [-0.2, 0) is 25.7 Å². The van der Waals surface area contributed by atoms with Crippen molar-refractivity contribution >= 4 is 18.0 Å². The van der Waals surface area contributed by atoms with Crippen molar-refractivity contribution in [2.24, 2.45) is 0 Å². The molecule has 1 aromatic rings. The molecule has 0 spiro atoms. The van der Waals surface area contributed by atoms with Crippen molar-refractivity contribution in [1.29, 1.82) is 0 Å². The Balaban J connectivity index is 1.56. The molecule has 1 saturated heterocycles. The van der Waals surface area contributed by atoms with Crippen molar-refractivity contribution in [3.8, 4) is 0 Å². The highest BCUT2D eigenvalue weighted by atomic mass is 16.6. The molecular formula is C17H18N2O5. The van der Waals surface area contributed by atoms with E-state index in [1.165, 1.54) is 11.0 Å². The van der Waals surface area contributed by atoms with Crippen LogP contribution in [0.15, 0.2) is 42.1 Å². The predicted molar refractivity (Wildman–Crippen MR) is 83.5 cm³/mol. The molecule has 126 valence electrons. The third kappa shape index (κ3) is 3.73. The second kappa shape index (κ2) is 7.16. The summed E-state index contributed by atoms with van der Waals surface area (Å²) in [4.78, 5) is 37.0. The molecule has 1 atom stereocenters. The lowest BCUT2D eigenvalue weighted by molar-refractivity contribution is -0.135. The summed E-state index contributed by atoms with van der Waals surface area (Å²) >= 11 is 0. The van der Waals surface area contributed by atoms with Gasteiger partial charge in [0.1, 0.15) is 19.3 Å². The number of carbonyl (C=O) groups is 3. The molecule has 7 nitrogen and oxygen atoms in total. The van der Waals surface area contributed by atoms with Crippen LogP contribution in [0.2, 0.25) is 0 Å². The summed E-state index contributed by atoms with van der Waals surface area (Å²) in [5, 5.41) is 2.64. The number of amides is 2. The first-order valence-corrected chi connectivity index (χ1v) is 7.79. The zero-order valence-electron chi connectivity index (χ0n) is 13.1. The van der Waals surface area contributed by atoms with Crippen LogP contribution in [0.4, 0.5) is 4.79 Å². The second-order valence-electron chi connectivity index (χ2n) is 5.66. The van der Waals surface area contributed by atoms with Crippen molar-refractivity contribution < 1.29 is 23.9 Å². The Morgan fingerprint density at radius 3 is 2.79 bits per heavy atom. The van der Waals surface area contributed by atoms with Crippen molar-refractivity contribution in [2.75, 3.05) is 13.2 Å². The number of hydrogen-bond acceptors (Lipinski definition) is 5. The number of hydrogen-bond donors (Lipinski definition) is 1. The van der Waals surface area contributed by atoms with Crippen LogP contribution >= 0.6 is 0 Å². The molecule has 2 aliphatic rings. The van der Waals surface area contributed by atoms with Gasteiger partial charge in [-0.05, 0) is 18.4 Å². The largest absolute Gasteiger partial charge is 0.456 e. The summed E-state index contributed by atoms with van der Waals surface area (Å²) in [6.45, 7) is 0.688. The smallest absolute Gasteiger partial charge is 0.410 e.